The Labute approximate surface area is 110 Å². The van der Waals surface area contributed by atoms with Crippen molar-refractivity contribution < 1.29 is 0 Å². The zero-order valence-electron chi connectivity index (χ0n) is 11.0. The van der Waals surface area contributed by atoms with E-state index in [2.05, 4.69) is 61.5 Å². The molecule has 1 atom stereocenters. The highest BCUT2D eigenvalue weighted by molar-refractivity contribution is 5.30. The molecule has 92 valence electrons. The van der Waals surface area contributed by atoms with Crippen LogP contribution in [-0.4, -0.2) is 0 Å². The van der Waals surface area contributed by atoms with E-state index in [0.29, 0.717) is 5.92 Å². The van der Waals surface area contributed by atoms with Gasteiger partial charge in [-0.15, -0.1) is 0 Å². The van der Waals surface area contributed by atoms with Crippen molar-refractivity contribution in [3.63, 3.8) is 0 Å². The van der Waals surface area contributed by atoms with Gasteiger partial charge >= 0.3 is 0 Å². The van der Waals surface area contributed by atoms with E-state index in [4.69, 9.17) is 0 Å². The molecule has 0 heterocycles. The lowest BCUT2D eigenvalue weighted by Crippen LogP contribution is -2.06. The van der Waals surface area contributed by atoms with E-state index in [1.165, 1.54) is 36.0 Å². The Bertz CT molecular complexity index is 509. The van der Waals surface area contributed by atoms with Crippen molar-refractivity contribution in [2.24, 2.45) is 5.92 Å². The van der Waals surface area contributed by atoms with E-state index in [1.54, 1.807) is 0 Å². The van der Waals surface area contributed by atoms with Crippen LogP contribution in [0.25, 0.3) is 0 Å². The monoisotopic (exact) mass is 236 g/mol. The molecule has 1 fully saturated rings. The van der Waals surface area contributed by atoms with Crippen molar-refractivity contribution in [3.8, 4) is 0 Å². The van der Waals surface area contributed by atoms with Gasteiger partial charge in [0.25, 0.3) is 0 Å². The number of hydrogen-bond donors (Lipinski definition) is 0. The molecule has 2 aromatic rings. The smallest absolute Gasteiger partial charge is 0.00930 e. The van der Waals surface area contributed by atoms with Gasteiger partial charge in [-0.1, -0.05) is 54.6 Å². The lowest BCUT2D eigenvalue weighted by atomic mass is 9.87. The molecule has 2 aromatic carbocycles. The molecule has 0 nitrogen and oxygen atoms in total. The fraction of sp³-hybridized carbons (Fsp3) is 0.333. The predicted molar refractivity (Wildman–Crippen MR) is 76.8 cm³/mol. The Morgan fingerprint density at radius 2 is 1.61 bits per heavy atom. The van der Waals surface area contributed by atoms with Gasteiger partial charge < -0.3 is 0 Å². The van der Waals surface area contributed by atoms with E-state index in [-0.39, 0.29) is 0 Å². The van der Waals surface area contributed by atoms with Crippen molar-refractivity contribution in [1.29, 1.82) is 0 Å². The molecule has 3 rings (SSSR count). The molecule has 0 N–H and O–H groups in total. The maximum Gasteiger partial charge on any atom is -0.00930 e. The minimum Gasteiger partial charge on any atom is -0.0622 e. The fourth-order valence-corrected chi connectivity index (χ4v) is 2.83. The van der Waals surface area contributed by atoms with Gasteiger partial charge in [0.15, 0.2) is 0 Å². The van der Waals surface area contributed by atoms with E-state index in [1.807, 2.05) is 0 Å². The highest BCUT2D eigenvalue weighted by Crippen LogP contribution is 2.44. The fourth-order valence-electron chi connectivity index (χ4n) is 2.83. The van der Waals surface area contributed by atoms with Crippen LogP contribution in [0, 0.1) is 12.8 Å². The first kappa shape index (κ1) is 11.5. The standard InChI is InChI=1S/C18H20/c1-14-7-5-6-10-17(14)13-18(16-11-12-16)15-8-3-2-4-9-15/h2-10,16,18H,11-13H2,1H3. The summed E-state index contributed by atoms with van der Waals surface area (Å²) >= 11 is 0. The largest absolute Gasteiger partial charge is 0.0622 e. The molecule has 1 aliphatic rings. The molecule has 0 spiro atoms. The highest BCUT2D eigenvalue weighted by atomic mass is 14.4. The van der Waals surface area contributed by atoms with E-state index < -0.39 is 0 Å². The molecule has 0 bridgehead atoms. The summed E-state index contributed by atoms with van der Waals surface area (Å²) in [7, 11) is 0. The summed E-state index contributed by atoms with van der Waals surface area (Å²) < 4.78 is 0. The molecule has 0 radical (unpaired) electrons. The van der Waals surface area contributed by atoms with Crippen LogP contribution in [0.5, 0.6) is 0 Å². The molecule has 0 heteroatoms. The summed E-state index contributed by atoms with van der Waals surface area (Å²) in [5, 5.41) is 0. The molecule has 0 aliphatic heterocycles. The van der Waals surface area contributed by atoms with Gasteiger partial charge in [-0.3, -0.25) is 0 Å². The first-order valence-electron chi connectivity index (χ1n) is 6.94. The summed E-state index contributed by atoms with van der Waals surface area (Å²) in [4.78, 5) is 0. The Morgan fingerprint density at radius 3 is 2.28 bits per heavy atom. The normalized spacial score (nSPS) is 16.5. The molecule has 1 saturated carbocycles. The van der Waals surface area contributed by atoms with E-state index >= 15 is 0 Å². The van der Waals surface area contributed by atoms with Gasteiger partial charge in [-0.25, -0.2) is 0 Å². The zero-order valence-corrected chi connectivity index (χ0v) is 11.0. The van der Waals surface area contributed by atoms with Crippen LogP contribution in [0.2, 0.25) is 0 Å². The average molecular weight is 236 g/mol. The summed E-state index contributed by atoms with van der Waals surface area (Å²) in [6.07, 6.45) is 4.01. The Hall–Kier alpha value is -1.56. The lowest BCUT2D eigenvalue weighted by molar-refractivity contribution is 0.601. The summed E-state index contributed by atoms with van der Waals surface area (Å²) in [6.45, 7) is 2.23. The van der Waals surface area contributed by atoms with Crippen LogP contribution in [0.4, 0.5) is 0 Å². The first-order valence-corrected chi connectivity index (χ1v) is 6.94. The summed E-state index contributed by atoms with van der Waals surface area (Å²) in [5.41, 5.74) is 4.46. The van der Waals surface area contributed by atoms with Gasteiger partial charge in [0.05, 0.1) is 0 Å². The molecule has 1 aliphatic carbocycles. The SMILES string of the molecule is Cc1ccccc1CC(c1ccccc1)C1CC1. The van der Waals surface area contributed by atoms with Crippen LogP contribution in [0.15, 0.2) is 54.6 Å². The van der Waals surface area contributed by atoms with Gasteiger partial charge in [-0.05, 0) is 54.7 Å². The second-order valence-electron chi connectivity index (χ2n) is 5.49. The number of hydrogen-bond acceptors (Lipinski definition) is 0. The number of aryl methyl sites for hydroxylation is 1. The van der Waals surface area contributed by atoms with Gasteiger partial charge in [0.1, 0.15) is 0 Å². The zero-order chi connectivity index (χ0) is 12.4. The lowest BCUT2D eigenvalue weighted by Gasteiger charge is -2.18. The van der Waals surface area contributed by atoms with Crippen LogP contribution in [0.1, 0.15) is 35.4 Å². The van der Waals surface area contributed by atoms with Gasteiger partial charge in [0.2, 0.25) is 0 Å². The van der Waals surface area contributed by atoms with Crippen molar-refractivity contribution in [2.75, 3.05) is 0 Å². The minimum atomic E-state index is 0.715. The minimum absolute atomic E-state index is 0.715. The second kappa shape index (κ2) is 4.97. The Kier molecular flexibility index (Phi) is 3.19. The topological polar surface area (TPSA) is 0 Å². The van der Waals surface area contributed by atoms with Crippen LogP contribution in [0.3, 0.4) is 0 Å². The maximum absolute atomic E-state index is 2.29. The maximum atomic E-state index is 2.29. The van der Waals surface area contributed by atoms with Gasteiger partial charge in [0, 0.05) is 0 Å². The highest BCUT2D eigenvalue weighted by Gasteiger charge is 2.32. The van der Waals surface area contributed by atoms with Crippen molar-refractivity contribution in [2.45, 2.75) is 32.1 Å². The third kappa shape index (κ3) is 2.48. The molecule has 0 aromatic heterocycles. The number of rotatable bonds is 4. The van der Waals surface area contributed by atoms with Crippen LogP contribution in [-0.2, 0) is 6.42 Å². The van der Waals surface area contributed by atoms with E-state index in [0.717, 1.165) is 5.92 Å². The van der Waals surface area contributed by atoms with Crippen LogP contribution >= 0.6 is 0 Å². The van der Waals surface area contributed by atoms with Crippen molar-refractivity contribution in [3.05, 3.63) is 71.3 Å². The van der Waals surface area contributed by atoms with E-state index in [9.17, 15) is 0 Å². The van der Waals surface area contributed by atoms with Gasteiger partial charge in [-0.2, -0.15) is 0 Å². The summed E-state index contributed by atoms with van der Waals surface area (Å²) in [6, 6.07) is 19.8. The Morgan fingerprint density at radius 1 is 0.944 bits per heavy atom. The third-order valence-electron chi connectivity index (χ3n) is 4.12. The quantitative estimate of drug-likeness (QED) is 0.720. The average Bonchev–Trinajstić information content (AvgIpc) is 3.23. The molecule has 0 amide bonds. The molecular weight excluding hydrogens is 216 g/mol. The summed E-state index contributed by atoms with van der Waals surface area (Å²) in [5.74, 6) is 1.62. The molecule has 0 saturated heterocycles. The van der Waals surface area contributed by atoms with Crippen molar-refractivity contribution >= 4 is 0 Å². The second-order valence-corrected chi connectivity index (χ2v) is 5.49. The van der Waals surface area contributed by atoms with Crippen molar-refractivity contribution in [1.82, 2.24) is 0 Å². The first-order chi connectivity index (χ1) is 8.84. The number of benzene rings is 2. The molecule has 18 heavy (non-hydrogen) atoms. The molecule has 1 unspecified atom stereocenters. The van der Waals surface area contributed by atoms with Crippen LogP contribution < -0.4 is 0 Å². The third-order valence-corrected chi connectivity index (χ3v) is 4.12. The predicted octanol–water partition coefficient (Wildman–Crippen LogP) is 4.73. The molecular formula is C18H20. The Balaban J connectivity index is 1.86.